The topological polar surface area (TPSA) is 98.2 Å². The van der Waals surface area contributed by atoms with E-state index in [1.807, 2.05) is 11.8 Å². The predicted molar refractivity (Wildman–Crippen MR) is 80.8 cm³/mol. The van der Waals surface area contributed by atoms with Crippen molar-refractivity contribution in [3.8, 4) is 0 Å². The van der Waals surface area contributed by atoms with E-state index in [0.29, 0.717) is 17.3 Å². The molecule has 0 bridgehead atoms. The summed E-state index contributed by atoms with van der Waals surface area (Å²) in [5.41, 5.74) is 7.03. The Kier molecular flexibility index (Phi) is 4.59. The van der Waals surface area contributed by atoms with E-state index in [2.05, 4.69) is 5.32 Å². The summed E-state index contributed by atoms with van der Waals surface area (Å²) in [5, 5.41) is 8.36. The van der Waals surface area contributed by atoms with Gasteiger partial charge in [0.25, 0.3) is 0 Å². The van der Waals surface area contributed by atoms with Gasteiger partial charge < -0.3 is 11.1 Å². The van der Waals surface area contributed by atoms with E-state index in [0.717, 1.165) is 6.54 Å². The van der Waals surface area contributed by atoms with Gasteiger partial charge in [-0.25, -0.2) is 13.6 Å². The number of nitrogens with one attached hydrogen (secondary N) is 1. The van der Waals surface area contributed by atoms with Crippen LogP contribution in [0.2, 0.25) is 0 Å². The van der Waals surface area contributed by atoms with Crippen LogP contribution in [0.1, 0.15) is 12.8 Å². The summed E-state index contributed by atoms with van der Waals surface area (Å²) in [4.78, 5) is 0.0865. The molecule has 0 aromatic heterocycles. The summed E-state index contributed by atoms with van der Waals surface area (Å²) in [7, 11) is -3.68. The Balaban J connectivity index is 2.06. The molecule has 0 unspecified atom stereocenters. The Labute approximate surface area is 118 Å². The SMILES string of the molecule is Nc1ccc(S(N)(=O)=O)cc1NCC1CCSCC1. The van der Waals surface area contributed by atoms with Gasteiger partial charge in [-0.05, 0) is 48.5 Å². The van der Waals surface area contributed by atoms with Crippen LogP contribution in [-0.4, -0.2) is 26.5 Å². The van der Waals surface area contributed by atoms with Crippen LogP contribution in [0.4, 0.5) is 11.4 Å². The van der Waals surface area contributed by atoms with Gasteiger partial charge in [0.05, 0.1) is 16.3 Å². The van der Waals surface area contributed by atoms with Gasteiger partial charge in [-0.2, -0.15) is 11.8 Å². The smallest absolute Gasteiger partial charge is 0.238 e. The quantitative estimate of drug-likeness (QED) is 0.732. The molecule has 0 radical (unpaired) electrons. The number of thioether (sulfide) groups is 1. The first-order valence-electron chi connectivity index (χ1n) is 6.21. The number of hydrogen-bond acceptors (Lipinski definition) is 5. The molecule has 1 saturated heterocycles. The minimum Gasteiger partial charge on any atom is -0.397 e. The molecule has 1 fully saturated rings. The van der Waals surface area contributed by atoms with Crippen LogP contribution in [0.5, 0.6) is 0 Å². The zero-order valence-corrected chi connectivity index (χ0v) is 12.3. The molecule has 19 heavy (non-hydrogen) atoms. The average molecular weight is 301 g/mol. The second-order valence-corrected chi connectivity index (χ2v) is 7.52. The molecule has 1 aliphatic heterocycles. The molecule has 1 aromatic rings. The number of rotatable bonds is 4. The Morgan fingerprint density at radius 1 is 1.32 bits per heavy atom. The van der Waals surface area contributed by atoms with Gasteiger partial charge in [-0.1, -0.05) is 0 Å². The summed E-state index contributed by atoms with van der Waals surface area (Å²) in [6, 6.07) is 4.49. The molecule has 0 aliphatic carbocycles. The van der Waals surface area contributed by atoms with Gasteiger partial charge in [0.15, 0.2) is 0 Å². The number of primary sulfonamides is 1. The molecule has 5 N–H and O–H groups in total. The van der Waals surface area contributed by atoms with Gasteiger partial charge >= 0.3 is 0 Å². The van der Waals surface area contributed by atoms with Crippen LogP contribution >= 0.6 is 11.8 Å². The molecule has 1 aliphatic rings. The number of anilines is 2. The van der Waals surface area contributed by atoms with E-state index in [9.17, 15) is 8.42 Å². The summed E-state index contributed by atoms with van der Waals surface area (Å²) in [6.45, 7) is 0.818. The highest BCUT2D eigenvalue weighted by molar-refractivity contribution is 7.99. The van der Waals surface area contributed by atoms with E-state index >= 15 is 0 Å². The highest BCUT2D eigenvalue weighted by atomic mass is 32.2. The number of nitrogens with two attached hydrogens (primary N) is 2. The highest BCUT2D eigenvalue weighted by Gasteiger charge is 2.15. The number of benzene rings is 1. The number of nitrogen functional groups attached to an aromatic ring is 1. The van der Waals surface area contributed by atoms with Crippen molar-refractivity contribution in [1.29, 1.82) is 0 Å². The molecule has 0 atom stereocenters. The summed E-state index contributed by atoms with van der Waals surface area (Å²) in [5.74, 6) is 3.01. The first-order chi connectivity index (χ1) is 8.97. The fourth-order valence-electron chi connectivity index (χ4n) is 2.07. The summed E-state index contributed by atoms with van der Waals surface area (Å²) >= 11 is 1.98. The van der Waals surface area contributed by atoms with E-state index in [-0.39, 0.29) is 4.90 Å². The Morgan fingerprint density at radius 3 is 2.63 bits per heavy atom. The molecule has 0 spiro atoms. The second-order valence-electron chi connectivity index (χ2n) is 4.73. The first kappa shape index (κ1) is 14.5. The fourth-order valence-corrected chi connectivity index (χ4v) is 3.81. The lowest BCUT2D eigenvalue weighted by molar-refractivity contribution is 0.516. The van der Waals surface area contributed by atoms with Gasteiger partial charge in [0.1, 0.15) is 0 Å². The molecule has 0 amide bonds. The maximum Gasteiger partial charge on any atom is 0.238 e. The van der Waals surface area contributed by atoms with E-state index in [1.165, 1.54) is 36.5 Å². The van der Waals surface area contributed by atoms with Crippen molar-refractivity contribution < 1.29 is 8.42 Å². The van der Waals surface area contributed by atoms with Crippen LogP contribution < -0.4 is 16.2 Å². The third kappa shape index (κ3) is 4.02. The molecule has 106 valence electrons. The third-order valence-electron chi connectivity index (χ3n) is 3.28. The number of sulfonamides is 1. The van der Waals surface area contributed by atoms with Gasteiger partial charge in [0.2, 0.25) is 10.0 Å². The summed E-state index contributed by atoms with van der Waals surface area (Å²) in [6.07, 6.45) is 2.37. The largest absolute Gasteiger partial charge is 0.397 e. The minimum atomic E-state index is -3.68. The van der Waals surface area contributed by atoms with Crippen molar-refractivity contribution >= 4 is 33.2 Å². The van der Waals surface area contributed by atoms with Crippen LogP contribution in [0, 0.1) is 5.92 Å². The maximum absolute atomic E-state index is 11.3. The van der Waals surface area contributed by atoms with Crippen LogP contribution in [-0.2, 0) is 10.0 Å². The lowest BCUT2D eigenvalue weighted by Gasteiger charge is -2.22. The minimum absolute atomic E-state index is 0.0865. The third-order valence-corrected chi connectivity index (χ3v) is 5.24. The zero-order chi connectivity index (χ0) is 13.9. The van der Waals surface area contributed by atoms with Gasteiger partial charge in [-0.15, -0.1) is 0 Å². The normalized spacial score (nSPS) is 17.3. The Hall–Kier alpha value is -0.920. The predicted octanol–water partition coefficient (Wildman–Crippen LogP) is 1.47. The lowest BCUT2D eigenvalue weighted by Crippen LogP contribution is -2.20. The molecule has 0 saturated carbocycles. The molecular formula is C12H19N3O2S2. The maximum atomic E-state index is 11.3. The Morgan fingerprint density at radius 2 is 2.00 bits per heavy atom. The molecule has 1 aromatic carbocycles. The van der Waals surface area contributed by atoms with Crippen molar-refractivity contribution in [2.45, 2.75) is 17.7 Å². The number of hydrogen-bond donors (Lipinski definition) is 3. The Bertz CT molecular complexity index is 540. The second kappa shape index (κ2) is 6.02. The highest BCUT2D eigenvalue weighted by Crippen LogP contribution is 2.26. The van der Waals surface area contributed by atoms with Crippen molar-refractivity contribution in [3.63, 3.8) is 0 Å². The van der Waals surface area contributed by atoms with Crippen LogP contribution in [0.15, 0.2) is 23.1 Å². The molecule has 2 rings (SSSR count). The van der Waals surface area contributed by atoms with Crippen LogP contribution in [0.3, 0.4) is 0 Å². The van der Waals surface area contributed by atoms with Crippen molar-refractivity contribution in [1.82, 2.24) is 0 Å². The summed E-state index contributed by atoms with van der Waals surface area (Å²) < 4.78 is 22.6. The van der Waals surface area contributed by atoms with E-state index in [1.54, 1.807) is 6.07 Å². The first-order valence-corrected chi connectivity index (χ1v) is 8.91. The molecule has 5 nitrogen and oxygen atoms in total. The standard InChI is InChI=1S/C12H19N3O2S2/c13-11-2-1-10(19(14,16)17)7-12(11)15-8-9-3-5-18-6-4-9/h1-2,7,9,15H,3-6,8,13H2,(H2,14,16,17). The van der Waals surface area contributed by atoms with Crippen molar-refractivity contribution in [3.05, 3.63) is 18.2 Å². The van der Waals surface area contributed by atoms with Gasteiger partial charge in [0, 0.05) is 6.54 Å². The monoisotopic (exact) mass is 301 g/mol. The molecule has 7 heteroatoms. The lowest BCUT2D eigenvalue weighted by atomic mass is 10.0. The van der Waals surface area contributed by atoms with Gasteiger partial charge in [-0.3, -0.25) is 0 Å². The van der Waals surface area contributed by atoms with E-state index in [4.69, 9.17) is 10.9 Å². The molecule has 1 heterocycles. The van der Waals surface area contributed by atoms with Crippen molar-refractivity contribution in [2.24, 2.45) is 11.1 Å². The average Bonchev–Trinajstić information content (AvgIpc) is 2.37. The molecular weight excluding hydrogens is 282 g/mol. The zero-order valence-electron chi connectivity index (χ0n) is 10.6. The van der Waals surface area contributed by atoms with E-state index < -0.39 is 10.0 Å². The van der Waals surface area contributed by atoms with Crippen LogP contribution in [0.25, 0.3) is 0 Å². The fraction of sp³-hybridized carbons (Fsp3) is 0.500. The van der Waals surface area contributed by atoms with Crippen molar-refractivity contribution in [2.75, 3.05) is 29.1 Å².